The highest BCUT2D eigenvalue weighted by molar-refractivity contribution is 5.89. The predicted molar refractivity (Wildman–Crippen MR) is 104 cm³/mol. The van der Waals surface area contributed by atoms with E-state index in [4.69, 9.17) is 4.74 Å². The van der Waals surface area contributed by atoms with E-state index in [0.29, 0.717) is 22.9 Å². The minimum Gasteiger partial charge on any atom is -0.497 e. The van der Waals surface area contributed by atoms with Crippen molar-refractivity contribution in [3.05, 3.63) is 82.9 Å². The van der Waals surface area contributed by atoms with Gasteiger partial charge in [-0.1, -0.05) is 24.3 Å². The van der Waals surface area contributed by atoms with Crippen LogP contribution in [0.1, 0.15) is 45.9 Å². The van der Waals surface area contributed by atoms with Crippen LogP contribution in [0.15, 0.2) is 54.7 Å². The molecule has 0 amide bonds. The molecule has 0 radical (unpaired) electrons. The molecule has 2 aromatic carbocycles. The van der Waals surface area contributed by atoms with Crippen molar-refractivity contribution in [2.75, 3.05) is 7.11 Å². The summed E-state index contributed by atoms with van der Waals surface area (Å²) >= 11 is 0. The molecule has 3 aromatic rings. The Balaban J connectivity index is 1.63. The molecular formula is C23H20FNO3. The molecule has 1 N–H and O–H groups in total. The molecule has 1 fully saturated rings. The number of methoxy groups -OCH3 is 1. The Morgan fingerprint density at radius 2 is 1.96 bits per heavy atom. The maximum atomic E-state index is 14.7. The highest BCUT2D eigenvalue weighted by Crippen LogP contribution is 2.40. The van der Waals surface area contributed by atoms with Gasteiger partial charge in [0.05, 0.1) is 18.4 Å². The maximum Gasteiger partial charge on any atom is 0.337 e. The molecule has 0 aliphatic heterocycles. The number of hydrogen-bond donors (Lipinski definition) is 1. The van der Waals surface area contributed by atoms with Gasteiger partial charge in [0.2, 0.25) is 0 Å². The predicted octanol–water partition coefficient (Wildman–Crippen LogP) is 5.06. The third-order valence-corrected chi connectivity index (χ3v) is 5.08. The van der Waals surface area contributed by atoms with E-state index in [0.717, 1.165) is 29.5 Å². The number of carboxylic acids is 1. The summed E-state index contributed by atoms with van der Waals surface area (Å²) in [7, 11) is 1.59. The van der Waals surface area contributed by atoms with Crippen molar-refractivity contribution in [1.82, 2.24) is 4.98 Å². The Morgan fingerprint density at radius 3 is 2.64 bits per heavy atom. The van der Waals surface area contributed by atoms with Crippen molar-refractivity contribution in [2.45, 2.75) is 25.2 Å². The monoisotopic (exact) mass is 377 g/mol. The minimum absolute atomic E-state index is 0.136. The van der Waals surface area contributed by atoms with Gasteiger partial charge in [0, 0.05) is 12.6 Å². The fourth-order valence-corrected chi connectivity index (χ4v) is 3.33. The van der Waals surface area contributed by atoms with Crippen molar-refractivity contribution in [2.24, 2.45) is 0 Å². The standard InChI is InChI=1S/C23H20FNO3/c1-28-19-4-2-3-15(9-19)16-7-8-17(21(24)11-16)12-22-20(23(26)27)10-18(13-25-22)14-5-6-14/h2-4,7-11,13-14H,5-6,12H2,1H3,(H,26,27). The number of nitrogens with zero attached hydrogens (tertiary/aromatic N) is 1. The summed E-state index contributed by atoms with van der Waals surface area (Å²) in [5.74, 6) is -0.297. The van der Waals surface area contributed by atoms with Gasteiger partial charge in [-0.25, -0.2) is 9.18 Å². The third kappa shape index (κ3) is 3.74. The summed E-state index contributed by atoms with van der Waals surface area (Å²) in [6.45, 7) is 0. The van der Waals surface area contributed by atoms with E-state index in [2.05, 4.69) is 4.98 Å². The molecule has 0 saturated heterocycles. The number of pyridine rings is 1. The molecule has 28 heavy (non-hydrogen) atoms. The van der Waals surface area contributed by atoms with Crippen LogP contribution >= 0.6 is 0 Å². The van der Waals surface area contributed by atoms with Crippen LogP contribution in [0, 0.1) is 5.82 Å². The smallest absolute Gasteiger partial charge is 0.337 e. The van der Waals surface area contributed by atoms with Crippen molar-refractivity contribution in [3.63, 3.8) is 0 Å². The second kappa shape index (κ2) is 7.43. The average molecular weight is 377 g/mol. The van der Waals surface area contributed by atoms with Crippen molar-refractivity contribution in [3.8, 4) is 16.9 Å². The lowest BCUT2D eigenvalue weighted by Crippen LogP contribution is -2.07. The topological polar surface area (TPSA) is 59.4 Å². The zero-order valence-corrected chi connectivity index (χ0v) is 15.5. The van der Waals surface area contributed by atoms with Crippen molar-refractivity contribution in [1.29, 1.82) is 0 Å². The average Bonchev–Trinajstić information content (AvgIpc) is 3.55. The van der Waals surface area contributed by atoms with Gasteiger partial charge in [0.1, 0.15) is 11.6 Å². The zero-order chi connectivity index (χ0) is 19.7. The minimum atomic E-state index is -1.03. The van der Waals surface area contributed by atoms with Gasteiger partial charge in [-0.3, -0.25) is 4.98 Å². The second-order valence-electron chi connectivity index (χ2n) is 7.06. The summed E-state index contributed by atoms with van der Waals surface area (Å²) < 4.78 is 20.0. The molecule has 1 aliphatic rings. The number of carboxylic acid groups (broad SMARTS) is 1. The van der Waals surface area contributed by atoms with E-state index in [1.807, 2.05) is 30.3 Å². The molecule has 1 aliphatic carbocycles. The first-order valence-corrected chi connectivity index (χ1v) is 9.20. The summed E-state index contributed by atoms with van der Waals surface area (Å²) in [4.78, 5) is 16.0. The lowest BCUT2D eigenvalue weighted by atomic mass is 9.99. The third-order valence-electron chi connectivity index (χ3n) is 5.08. The molecule has 5 heteroatoms. The molecule has 4 rings (SSSR count). The summed E-state index contributed by atoms with van der Waals surface area (Å²) in [5.41, 5.74) is 3.49. The number of rotatable bonds is 6. The first-order chi connectivity index (χ1) is 13.5. The molecular weight excluding hydrogens is 357 g/mol. The number of aromatic nitrogens is 1. The Kier molecular flexibility index (Phi) is 4.82. The van der Waals surface area contributed by atoms with Crippen LogP contribution in [0.2, 0.25) is 0 Å². The Labute approximate surface area is 162 Å². The van der Waals surface area contributed by atoms with Crippen LogP contribution in [0.4, 0.5) is 4.39 Å². The molecule has 1 saturated carbocycles. The van der Waals surface area contributed by atoms with Gasteiger partial charge >= 0.3 is 5.97 Å². The van der Waals surface area contributed by atoms with Gasteiger partial charge in [-0.2, -0.15) is 0 Å². The molecule has 0 spiro atoms. The summed E-state index contributed by atoms with van der Waals surface area (Å²) in [5, 5.41) is 9.54. The Morgan fingerprint density at radius 1 is 1.18 bits per heavy atom. The van der Waals surface area contributed by atoms with E-state index >= 15 is 0 Å². The summed E-state index contributed by atoms with van der Waals surface area (Å²) in [6.07, 6.45) is 4.00. The Hall–Kier alpha value is -3.21. The molecule has 4 nitrogen and oxygen atoms in total. The number of ether oxygens (including phenoxy) is 1. The van der Waals surface area contributed by atoms with E-state index in [1.54, 1.807) is 25.4 Å². The van der Waals surface area contributed by atoms with Gasteiger partial charge in [-0.15, -0.1) is 0 Å². The second-order valence-corrected chi connectivity index (χ2v) is 7.06. The maximum absolute atomic E-state index is 14.7. The Bertz CT molecular complexity index is 1040. The van der Waals surface area contributed by atoms with E-state index < -0.39 is 5.97 Å². The molecule has 0 bridgehead atoms. The van der Waals surface area contributed by atoms with Crippen LogP contribution in [-0.2, 0) is 6.42 Å². The SMILES string of the molecule is COc1cccc(-c2ccc(Cc3ncc(C4CC4)cc3C(=O)O)c(F)c2)c1. The van der Waals surface area contributed by atoms with Gasteiger partial charge < -0.3 is 9.84 Å². The first-order valence-electron chi connectivity index (χ1n) is 9.20. The lowest BCUT2D eigenvalue weighted by Gasteiger charge is -2.10. The number of hydrogen-bond acceptors (Lipinski definition) is 3. The largest absolute Gasteiger partial charge is 0.497 e. The van der Waals surface area contributed by atoms with Crippen LogP contribution in [0.25, 0.3) is 11.1 Å². The highest BCUT2D eigenvalue weighted by atomic mass is 19.1. The zero-order valence-electron chi connectivity index (χ0n) is 15.5. The number of aromatic carboxylic acids is 1. The van der Waals surface area contributed by atoms with Crippen molar-refractivity contribution >= 4 is 5.97 Å². The van der Waals surface area contributed by atoms with Gasteiger partial charge in [-0.05, 0) is 65.3 Å². The van der Waals surface area contributed by atoms with Gasteiger partial charge in [0.15, 0.2) is 0 Å². The molecule has 0 atom stereocenters. The number of benzene rings is 2. The first kappa shape index (κ1) is 18.2. The van der Waals surface area contributed by atoms with Crippen LogP contribution in [0.3, 0.4) is 0 Å². The van der Waals surface area contributed by atoms with E-state index in [1.165, 1.54) is 6.07 Å². The quantitative estimate of drug-likeness (QED) is 0.652. The molecule has 142 valence electrons. The van der Waals surface area contributed by atoms with Crippen LogP contribution in [-0.4, -0.2) is 23.2 Å². The van der Waals surface area contributed by atoms with Crippen molar-refractivity contribution < 1.29 is 19.0 Å². The summed E-state index contributed by atoms with van der Waals surface area (Å²) in [6, 6.07) is 14.1. The lowest BCUT2D eigenvalue weighted by molar-refractivity contribution is 0.0695. The number of carbonyl (C=O) groups is 1. The van der Waals surface area contributed by atoms with Gasteiger partial charge in [0.25, 0.3) is 0 Å². The highest BCUT2D eigenvalue weighted by Gasteiger charge is 2.26. The fourth-order valence-electron chi connectivity index (χ4n) is 3.33. The fraction of sp³-hybridized carbons (Fsp3) is 0.217. The van der Waals surface area contributed by atoms with E-state index in [-0.39, 0.29) is 17.8 Å². The molecule has 1 heterocycles. The molecule has 1 aromatic heterocycles. The molecule has 0 unspecified atom stereocenters. The van der Waals surface area contributed by atoms with Crippen LogP contribution < -0.4 is 4.74 Å². The van der Waals surface area contributed by atoms with E-state index in [9.17, 15) is 14.3 Å². The number of halogens is 1. The normalized spacial score (nSPS) is 13.4. The van der Waals surface area contributed by atoms with Crippen LogP contribution in [0.5, 0.6) is 5.75 Å².